The van der Waals surface area contributed by atoms with E-state index in [0.717, 1.165) is 19.5 Å². The summed E-state index contributed by atoms with van der Waals surface area (Å²) in [4.78, 5) is 2.52. The molecule has 1 atom stereocenters. The second-order valence-corrected chi connectivity index (χ2v) is 6.29. The van der Waals surface area contributed by atoms with Crippen molar-refractivity contribution < 1.29 is 5.11 Å². The van der Waals surface area contributed by atoms with Crippen LogP contribution in [-0.4, -0.2) is 29.2 Å². The van der Waals surface area contributed by atoms with Gasteiger partial charge in [-0.2, -0.15) is 0 Å². The van der Waals surface area contributed by atoms with E-state index in [4.69, 9.17) is 0 Å². The normalized spacial score (nSPS) is 18.7. The number of aliphatic hydroxyl groups is 1. The fraction of sp³-hybridized carbons (Fsp3) is 0.400. The largest absolute Gasteiger partial charge is 0.396 e. The van der Waals surface area contributed by atoms with Gasteiger partial charge in [0.15, 0.2) is 0 Å². The highest BCUT2D eigenvalue weighted by atomic mass is 16.3. The monoisotopic (exact) mass is 295 g/mol. The number of benzene rings is 2. The number of rotatable bonds is 5. The molecule has 2 nitrogen and oxygen atoms in total. The molecular formula is C20H25NO. The molecule has 0 unspecified atom stereocenters. The van der Waals surface area contributed by atoms with Crippen molar-refractivity contribution in [3.63, 3.8) is 0 Å². The van der Waals surface area contributed by atoms with Gasteiger partial charge < -0.3 is 5.11 Å². The van der Waals surface area contributed by atoms with Crippen molar-refractivity contribution in [1.29, 1.82) is 0 Å². The molecule has 22 heavy (non-hydrogen) atoms. The molecule has 0 aromatic heterocycles. The third kappa shape index (κ3) is 3.40. The van der Waals surface area contributed by atoms with Crippen LogP contribution < -0.4 is 0 Å². The maximum absolute atomic E-state index is 9.21. The lowest BCUT2D eigenvalue weighted by molar-refractivity contribution is 0.190. The highest BCUT2D eigenvalue weighted by Crippen LogP contribution is 2.26. The van der Waals surface area contributed by atoms with E-state index in [1.165, 1.54) is 35.1 Å². The number of hydrogen-bond acceptors (Lipinski definition) is 2. The van der Waals surface area contributed by atoms with Crippen LogP contribution in [0.4, 0.5) is 0 Å². The molecule has 0 radical (unpaired) electrons. The van der Waals surface area contributed by atoms with Gasteiger partial charge in [-0.05, 0) is 61.1 Å². The number of nitrogens with zero attached hydrogens (tertiary/aromatic N) is 1. The molecule has 1 N–H and O–H groups in total. The predicted octanol–water partition coefficient (Wildman–Crippen LogP) is 4.01. The Morgan fingerprint density at radius 2 is 2.00 bits per heavy atom. The topological polar surface area (TPSA) is 23.5 Å². The Bertz CT molecular complexity index is 623. The lowest BCUT2D eigenvalue weighted by Crippen LogP contribution is -2.29. The SMILES string of the molecule is Cc1ccccc1-c1cccc(CN2CCC[C@@H]2CCO)c1. The van der Waals surface area contributed by atoms with Gasteiger partial charge in [0.25, 0.3) is 0 Å². The van der Waals surface area contributed by atoms with Crippen LogP contribution in [0.3, 0.4) is 0 Å². The Labute approximate surface area is 133 Å². The third-order valence-electron chi connectivity index (χ3n) is 4.73. The Balaban J connectivity index is 1.78. The maximum Gasteiger partial charge on any atom is 0.0445 e. The van der Waals surface area contributed by atoms with Gasteiger partial charge in [-0.15, -0.1) is 0 Å². The van der Waals surface area contributed by atoms with Crippen molar-refractivity contribution in [3.05, 3.63) is 59.7 Å². The van der Waals surface area contributed by atoms with E-state index in [1.54, 1.807) is 0 Å². The lowest BCUT2D eigenvalue weighted by Gasteiger charge is -2.24. The highest BCUT2D eigenvalue weighted by Gasteiger charge is 2.23. The highest BCUT2D eigenvalue weighted by molar-refractivity contribution is 5.67. The molecule has 1 fully saturated rings. The zero-order valence-electron chi connectivity index (χ0n) is 13.3. The van der Waals surface area contributed by atoms with Crippen LogP contribution in [0.25, 0.3) is 11.1 Å². The first-order valence-electron chi connectivity index (χ1n) is 8.28. The summed E-state index contributed by atoms with van der Waals surface area (Å²) >= 11 is 0. The van der Waals surface area contributed by atoms with Crippen LogP contribution in [0.15, 0.2) is 48.5 Å². The molecule has 1 aliphatic heterocycles. The number of likely N-dealkylation sites (tertiary alicyclic amines) is 1. The minimum Gasteiger partial charge on any atom is -0.396 e. The van der Waals surface area contributed by atoms with Crippen molar-refractivity contribution >= 4 is 0 Å². The fourth-order valence-corrected chi connectivity index (χ4v) is 3.55. The Hall–Kier alpha value is -1.64. The number of aryl methyl sites for hydroxylation is 1. The summed E-state index contributed by atoms with van der Waals surface area (Å²) < 4.78 is 0. The molecule has 0 amide bonds. The molecule has 0 saturated carbocycles. The van der Waals surface area contributed by atoms with Crippen LogP contribution in [0.2, 0.25) is 0 Å². The van der Waals surface area contributed by atoms with E-state index in [1.807, 2.05) is 0 Å². The minimum absolute atomic E-state index is 0.296. The van der Waals surface area contributed by atoms with Crippen molar-refractivity contribution in [2.45, 2.75) is 38.8 Å². The average Bonchev–Trinajstić information content (AvgIpc) is 2.96. The van der Waals surface area contributed by atoms with Crippen molar-refractivity contribution in [1.82, 2.24) is 4.90 Å². The van der Waals surface area contributed by atoms with E-state index in [9.17, 15) is 5.11 Å². The molecule has 3 rings (SSSR count). The van der Waals surface area contributed by atoms with Crippen molar-refractivity contribution in [2.24, 2.45) is 0 Å². The molecule has 1 aliphatic rings. The van der Waals surface area contributed by atoms with Crippen LogP contribution in [-0.2, 0) is 6.54 Å². The molecule has 0 aliphatic carbocycles. The molecule has 2 aromatic carbocycles. The molecule has 116 valence electrons. The van der Waals surface area contributed by atoms with Crippen LogP contribution in [0.1, 0.15) is 30.4 Å². The Morgan fingerprint density at radius 1 is 1.14 bits per heavy atom. The molecule has 1 saturated heterocycles. The molecule has 2 aromatic rings. The second-order valence-electron chi connectivity index (χ2n) is 6.29. The quantitative estimate of drug-likeness (QED) is 0.901. The summed E-state index contributed by atoms with van der Waals surface area (Å²) in [7, 11) is 0. The Kier molecular flexibility index (Phi) is 4.91. The zero-order chi connectivity index (χ0) is 15.4. The summed E-state index contributed by atoms with van der Waals surface area (Å²) in [6, 6.07) is 18.0. The summed E-state index contributed by atoms with van der Waals surface area (Å²) in [5.74, 6) is 0. The molecule has 0 spiro atoms. The van der Waals surface area contributed by atoms with Crippen LogP contribution >= 0.6 is 0 Å². The average molecular weight is 295 g/mol. The molecule has 1 heterocycles. The molecule has 2 heteroatoms. The van der Waals surface area contributed by atoms with Gasteiger partial charge in [0.1, 0.15) is 0 Å². The van der Waals surface area contributed by atoms with Gasteiger partial charge in [-0.25, -0.2) is 0 Å². The molecular weight excluding hydrogens is 270 g/mol. The maximum atomic E-state index is 9.21. The minimum atomic E-state index is 0.296. The van der Waals surface area contributed by atoms with E-state index in [2.05, 4.69) is 60.4 Å². The lowest BCUT2D eigenvalue weighted by atomic mass is 9.99. The van der Waals surface area contributed by atoms with Gasteiger partial charge in [-0.1, -0.05) is 42.5 Å². The van der Waals surface area contributed by atoms with E-state index >= 15 is 0 Å². The summed E-state index contributed by atoms with van der Waals surface area (Å²) in [5.41, 5.74) is 5.30. The third-order valence-corrected chi connectivity index (χ3v) is 4.73. The second kappa shape index (κ2) is 7.08. The first kappa shape index (κ1) is 15.3. The standard InChI is InChI=1S/C20H25NO/c1-16-6-2-3-10-20(16)18-8-4-7-17(14-18)15-21-12-5-9-19(21)11-13-22/h2-4,6-8,10,14,19,22H,5,9,11-13,15H2,1H3/t19-/m1/s1. The van der Waals surface area contributed by atoms with Gasteiger partial charge in [0, 0.05) is 19.2 Å². The summed E-state index contributed by atoms with van der Waals surface area (Å²) in [5, 5.41) is 9.21. The fourth-order valence-electron chi connectivity index (χ4n) is 3.55. The van der Waals surface area contributed by atoms with Gasteiger partial charge in [0.05, 0.1) is 0 Å². The first-order chi connectivity index (χ1) is 10.8. The van der Waals surface area contributed by atoms with Gasteiger partial charge in [0.2, 0.25) is 0 Å². The Morgan fingerprint density at radius 3 is 2.82 bits per heavy atom. The van der Waals surface area contributed by atoms with E-state index in [-0.39, 0.29) is 0 Å². The van der Waals surface area contributed by atoms with Crippen molar-refractivity contribution in [3.8, 4) is 11.1 Å². The van der Waals surface area contributed by atoms with Gasteiger partial charge in [-0.3, -0.25) is 4.90 Å². The van der Waals surface area contributed by atoms with Crippen molar-refractivity contribution in [2.75, 3.05) is 13.2 Å². The smallest absolute Gasteiger partial charge is 0.0445 e. The number of hydrogen-bond donors (Lipinski definition) is 1. The summed E-state index contributed by atoms with van der Waals surface area (Å²) in [6.07, 6.45) is 3.37. The zero-order valence-corrected chi connectivity index (χ0v) is 13.3. The van der Waals surface area contributed by atoms with Crippen LogP contribution in [0.5, 0.6) is 0 Å². The predicted molar refractivity (Wildman–Crippen MR) is 91.7 cm³/mol. The van der Waals surface area contributed by atoms with Gasteiger partial charge >= 0.3 is 0 Å². The summed E-state index contributed by atoms with van der Waals surface area (Å²) in [6.45, 7) is 4.60. The first-order valence-corrected chi connectivity index (χ1v) is 8.28. The van der Waals surface area contributed by atoms with E-state index < -0.39 is 0 Å². The van der Waals surface area contributed by atoms with Crippen LogP contribution in [0, 0.1) is 6.92 Å². The molecule has 0 bridgehead atoms. The number of aliphatic hydroxyl groups excluding tert-OH is 1. The van der Waals surface area contributed by atoms with E-state index in [0.29, 0.717) is 12.6 Å².